The maximum atomic E-state index is 12.6. The van der Waals surface area contributed by atoms with Crippen LogP contribution in [-0.2, 0) is 14.3 Å². The Morgan fingerprint density at radius 3 is 1.19 bits per heavy atom. The molecule has 0 saturated heterocycles. The SMILES string of the molecule is CCCCC/C=C\C/C=C\C/C=C\C/C=C\CCCCCCCC(=O)OC(CCCCC)CCCCCCCCCCCCCCCCCC(=O)O. The van der Waals surface area contributed by atoms with E-state index >= 15 is 0 Å². The third-order valence-electron chi connectivity index (χ3n) is 10.1. The number of rotatable bonds is 41. The van der Waals surface area contributed by atoms with Crippen molar-refractivity contribution < 1.29 is 19.4 Å². The van der Waals surface area contributed by atoms with E-state index < -0.39 is 5.97 Å². The van der Waals surface area contributed by atoms with Crippen molar-refractivity contribution in [1.29, 1.82) is 0 Å². The van der Waals surface area contributed by atoms with Crippen molar-refractivity contribution in [2.24, 2.45) is 0 Å². The summed E-state index contributed by atoms with van der Waals surface area (Å²) in [7, 11) is 0. The van der Waals surface area contributed by atoms with Gasteiger partial charge in [-0.1, -0.05) is 191 Å². The number of carbonyl (C=O) groups is 2. The molecule has 0 bridgehead atoms. The number of aliphatic carboxylic acids is 1. The van der Waals surface area contributed by atoms with Gasteiger partial charge in [0.05, 0.1) is 0 Å². The van der Waals surface area contributed by atoms with Gasteiger partial charge in [-0.2, -0.15) is 0 Å². The topological polar surface area (TPSA) is 63.6 Å². The van der Waals surface area contributed by atoms with Crippen molar-refractivity contribution >= 4 is 11.9 Å². The molecule has 0 saturated carbocycles. The van der Waals surface area contributed by atoms with Crippen molar-refractivity contribution in [1.82, 2.24) is 0 Å². The number of esters is 1. The lowest BCUT2D eigenvalue weighted by Crippen LogP contribution is -2.18. The summed E-state index contributed by atoms with van der Waals surface area (Å²) in [5, 5.41) is 8.68. The van der Waals surface area contributed by atoms with Crippen LogP contribution in [0.2, 0.25) is 0 Å². The number of unbranched alkanes of at least 4 members (excludes halogenated alkanes) is 24. The number of carboxylic acids is 1. The minimum atomic E-state index is -0.665. The lowest BCUT2D eigenvalue weighted by molar-refractivity contribution is -0.150. The molecule has 0 aliphatic carbocycles. The molecule has 0 heterocycles. The largest absolute Gasteiger partial charge is 0.481 e. The summed E-state index contributed by atoms with van der Waals surface area (Å²) >= 11 is 0. The standard InChI is InChI=1S/C48H86O4/c1-3-5-7-8-9-10-11-12-13-14-15-16-17-18-22-25-28-31-34-37-41-45-48(51)52-46(42-38-6-4-2)43-39-35-32-29-26-23-20-19-21-24-27-30-33-36-40-44-47(49)50/h9-10,12-13,15-16,18,22,46H,3-8,11,14,17,19-21,23-45H2,1-2H3,(H,49,50)/b10-9-,13-12-,16-15-,22-18-. The van der Waals surface area contributed by atoms with Crippen LogP contribution >= 0.6 is 0 Å². The Balaban J connectivity index is 3.74. The van der Waals surface area contributed by atoms with Gasteiger partial charge in [0.1, 0.15) is 6.10 Å². The fourth-order valence-corrected chi connectivity index (χ4v) is 6.70. The number of carbonyl (C=O) groups excluding carboxylic acids is 1. The van der Waals surface area contributed by atoms with E-state index in [1.807, 2.05) is 0 Å². The summed E-state index contributed by atoms with van der Waals surface area (Å²) in [5.74, 6) is -0.639. The number of allylic oxidation sites excluding steroid dienone is 8. The second kappa shape index (κ2) is 43.3. The molecule has 0 aromatic rings. The smallest absolute Gasteiger partial charge is 0.306 e. The Kier molecular flexibility index (Phi) is 41.6. The Morgan fingerprint density at radius 1 is 0.423 bits per heavy atom. The van der Waals surface area contributed by atoms with Crippen molar-refractivity contribution in [3.05, 3.63) is 48.6 Å². The third-order valence-corrected chi connectivity index (χ3v) is 10.1. The molecule has 0 aromatic carbocycles. The van der Waals surface area contributed by atoms with Crippen LogP contribution in [0.5, 0.6) is 0 Å². The minimum Gasteiger partial charge on any atom is -0.481 e. The molecule has 0 fully saturated rings. The molecular weight excluding hydrogens is 641 g/mol. The number of ether oxygens (including phenoxy) is 1. The Labute approximate surface area is 323 Å². The van der Waals surface area contributed by atoms with Gasteiger partial charge < -0.3 is 9.84 Å². The quantitative estimate of drug-likeness (QED) is 0.0387. The van der Waals surface area contributed by atoms with E-state index in [1.54, 1.807) is 0 Å². The molecule has 1 unspecified atom stereocenters. The molecule has 0 rings (SSSR count). The average molecular weight is 727 g/mol. The van der Waals surface area contributed by atoms with Gasteiger partial charge in [0, 0.05) is 12.8 Å². The van der Waals surface area contributed by atoms with E-state index in [4.69, 9.17) is 9.84 Å². The van der Waals surface area contributed by atoms with Crippen LogP contribution in [0.25, 0.3) is 0 Å². The van der Waals surface area contributed by atoms with E-state index in [0.29, 0.717) is 12.8 Å². The molecular formula is C48H86O4. The van der Waals surface area contributed by atoms with Crippen LogP contribution in [0.4, 0.5) is 0 Å². The summed E-state index contributed by atoms with van der Waals surface area (Å²) in [5.41, 5.74) is 0. The van der Waals surface area contributed by atoms with E-state index in [-0.39, 0.29) is 12.1 Å². The lowest BCUT2D eigenvalue weighted by Gasteiger charge is -2.18. The van der Waals surface area contributed by atoms with Gasteiger partial charge >= 0.3 is 11.9 Å². The van der Waals surface area contributed by atoms with E-state index in [2.05, 4.69) is 62.5 Å². The lowest BCUT2D eigenvalue weighted by atomic mass is 10.0. The van der Waals surface area contributed by atoms with E-state index in [9.17, 15) is 9.59 Å². The third kappa shape index (κ3) is 42.3. The van der Waals surface area contributed by atoms with Gasteiger partial charge in [-0.3, -0.25) is 9.59 Å². The Bertz CT molecular complexity index is 870. The molecule has 302 valence electrons. The zero-order valence-electron chi connectivity index (χ0n) is 34.6. The highest BCUT2D eigenvalue weighted by Crippen LogP contribution is 2.18. The molecule has 4 nitrogen and oxygen atoms in total. The monoisotopic (exact) mass is 727 g/mol. The Hall–Kier alpha value is -2.10. The fraction of sp³-hybridized carbons (Fsp3) is 0.792. The summed E-state index contributed by atoms with van der Waals surface area (Å²) in [6.07, 6.45) is 59.0. The molecule has 0 amide bonds. The van der Waals surface area contributed by atoms with Gasteiger partial charge in [-0.05, 0) is 83.5 Å². The first-order chi connectivity index (χ1) is 25.6. The molecule has 1 N–H and O–H groups in total. The normalized spacial score (nSPS) is 12.7. The summed E-state index contributed by atoms with van der Waals surface area (Å²) in [6.45, 7) is 4.49. The molecule has 4 heteroatoms. The highest BCUT2D eigenvalue weighted by atomic mass is 16.5. The maximum Gasteiger partial charge on any atom is 0.306 e. The predicted octanol–water partition coefficient (Wildman–Crippen LogP) is 15.9. The van der Waals surface area contributed by atoms with Crippen molar-refractivity contribution in [3.8, 4) is 0 Å². The predicted molar refractivity (Wildman–Crippen MR) is 227 cm³/mol. The Morgan fingerprint density at radius 2 is 0.750 bits per heavy atom. The van der Waals surface area contributed by atoms with Crippen LogP contribution in [0.15, 0.2) is 48.6 Å². The minimum absolute atomic E-state index is 0.0263. The molecule has 0 radical (unpaired) electrons. The maximum absolute atomic E-state index is 12.6. The van der Waals surface area contributed by atoms with Crippen molar-refractivity contribution in [2.45, 2.75) is 245 Å². The van der Waals surface area contributed by atoms with Crippen LogP contribution in [0.3, 0.4) is 0 Å². The van der Waals surface area contributed by atoms with Crippen LogP contribution in [0, 0.1) is 0 Å². The fourth-order valence-electron chi connectivity index (χ4n) is 6.70. The highest BCUT2D eigenvalue weighted by molar-refractivity contribution is 5.69. The first-order valence-electron chi connectivity index (χ1n) is 22.6. The first-order valence-corrected chi connectivity index (χ1v) is 22.6. The summed E-state index contributed by atoms with van der Waals surface area (Å²) in [6, 6.07) is 0. The van der Waals surface area contributed by atoms with Gasteiger partial charge in [-0.15, -0.1) is 0 Å². The zero-order chi connectivity index (χ0) is 37.8. The van der Waals surface area contributed by atoms with Gasteiger partial charge in [0.2, 0.25) is 0 Å². The molecule has 52 heavy (non-hydrogen) atoms. The van der Waals surface area contributed by atoms with Crippen molar-refractivity contribution in [3.63, 3.8) is 0 Å². The number of hydrogen-bond donors (Lipinski definition) is 1. The second-order valence-electron chi connectivity index (χ2n) is 15.2. The van der Waals surface area contributed by atoms with Crippen LogP contribution < -0.4 is 0 Å². The molecule has 0 aliphatic rings. The summed E-state index contributed by atoms with van der Waals surface area (Å²) in [4.78, 5) is 23.2. The molecule has 0 aliphatic heterocycles. The molecule has 0 spiro atoms. The second-order valence-corrected chi connectivity index (χ2v) is 15.2. The number of carboxylic acid groups (broad SMARTS) is 1. The van der Waals surface area contributed by atoms with Crippen LogP contribution in [0.1, 0.15) is 239 Å². The number of hydrogen-bond acceptors (Lipinski definition) is 3. The van der Waals surface area contributed by atoms with Crippen LogP contribution in [-0.4, -0.2) is 23.1 Å². The average Bonchev–Trinajstić information content (AvgIpc) is 3.13. The van der Waals surface area contributed by atoms with Gasteiger partial charge in [-0.25, -0.2) is 0 Å². The molecule has 0 aromatic heterocycles. The summed E-state index contributed by atoms with van der Waals surface area (Å²) < 4.78 is 5.99. The van der Waals surface area contributed by atoms with E-state index in [0.717, 1.165) is 64.2 Å². The zero-order valence-corrected chi connectivity index (χ0v) is 34.6. The van der Waals surface area contributed by atoms with Crippen molar-refractivity contribution in [2.75, 3.05) is 0 Å². The first kappa shape index (κ1) is 49.9. The van der Waals surface area contributed by atoms with Gasteiger partial charge in [0.15, 0.2) is 0 Å². The van der Waals surface area contributed by atoms with E-state index in [1.165, 1.54) is 148 Å². The van der Waals surface area contributed by atoms with Gasteiger partial charge in [0.25, 0.3) is 0 Å². The highest BCUT2D eigenvalue weighted by Gasteiger charge is 2.14. The molecule has 1 atom stereocenters.